The van der Waals surface area contributed by atoms with E-state index < -0.39 is 10.0 Å². The summed E-state index contributed by atoms with van der Waals surface area (Å²) in [6.07, 6.45) is 4.03. The summed E-state index contributed by atoms with van der Waals surface area (Å²) in [6, 6.07) is 7.95. The molecular formula is C13H13N5O2S. The van der Waals surface area contributed by atoms with Crippen LogP contribution in [-0.4, -0.2) is 40.8 Å². The van der Waals surface area contributed by atoms with Crippen molar-refractivity contribution in [3.63, 3.8) is 0 Å². The van der Waals surface area contributed by atoms with Crippen molar-refractivity contribution < 1.29 is 8.42 Å². The normalized spacial score (nSPS) is 19.5. The van der Waals surface area contributed by atoms with E-state index in [4.69, 9.17) is 5.26 Å². The van der Waals surface area contributed by atoms with E-state index in [1.807, 2.05) is 6.07 Å². The zero-order valence-electron chi connectivity index (χ0n) is 11.1. The topological polar surface area (TPSA) is 91.9 Å². The van der Waals surface area contributed by atoms with Crippen molar-refractivity contribution in [3.05, 3.63) is 42.2 Å². The summed E-state index contributed by atoms with van der Waals surface area (Å²) in [4.78, 5) is 0.209. The fraction of sp³-hybridized carbons (Fsp3) is 0.308. The van der Waals surface area contributed by atoms with Gasteiger partial charge in [0.1, 0.15) is 0 Å². The fourth-order valence-corrected chi connectivity index (χ4v) is 3.90. The molecule has 1 atom stereocenters. The molecule has 1 aliphatic rings. The Hall–Kier alpha value is -2.24. The smallest absolute Gasteiger partial charge is 0.243 e. The van der Waals surface area contributed by atoms with Crippen LogP contribution < -0.4 is 0 Å². The molecule has 21 heavy (non-hydrogen) atoms. The van der Waals surface area contributed by atoms with Gasteiger partial charge < -0.3 is 0 Å². The Morgan fingerprint density at radius 2 is 2.05 bits per heavy atom. The minimum Gasteiger partial charge on any atom is -0.248 e. The Kier molecular flexibility index (Phi) is 3.45. The maximum atomic E-state index is 12.5. The Balaban J connectivity index is 1.81. The molecule has 1 saturated heterocycles. The molecule has 2 heterocycles. The largest absolute Gasteiger partial charge is 0.248 e. The molecular weight excluding hydrogens is 290 g/mol. The second-order valence-electron chi connectivity index (χ2n) is 4.82. The summed E-state index contributed by atoms with van der Waals surface area (Å²) in [5, 5.41) is 16.4. The minimum atomic E-state index is -3.53. The van der Waals surface area contributed by atoms with Gasteiger partial charge >= 0.3 is 0 Å². The van der Waals surface area contributed by atoms with Gasteiger partial charge in [-0.15, -0.1) is 5.10 Å². The number of nitriles is 1. The van der Waals surface area contributed by atoms with Crippen LogP contribution >= 0.6 is 0 Å². The number of sulfonamides is 1. The summed E-state index contributed by atoms with van der Waals surface area (Å²) >= 11 is 0. The first kappa shape index (κ1) is 13.7. The van der Waals surface area contributed by atoms with Gasteiger partial charge in [-0.1, -0.05) is 5.21 Å². The SMILES string of the molecule is N#Cc1ccc(S(=O)(=O)N2CCC(n3ccnn3)C2)cc1. The van der Waals surface area contributed by atoms with Crippen LogP contribution in [0.5, 0.6) is 0 Å². The van der Waals surface area contributed by atoms with Crippen molar-refractivity contribution >= 4 is 10.0 Å². The molecule has 8 heteroatoms. The van der Waals surface area contributed by atoms with Gasteiger partial charge in [-0.05, 0) is 30.7 Å². The molecule has 0 N–H and O–H groups in total. The number of hydrogen-bond acceptors (Lipinski definition) is 5. The maximum absolute atomic E-state index is 12.5. The van der Waals surface area contributed by atoms with E-state index in [2.05, 4.69) is 10.3 Å². The second kappa shape index (κ2) is 5.27. The molecule has 0 bridgehead atoms. The molecule has 7 nitrogen and oxygen atoms in total. The molecule has 0 spiro atoms. The molecule has 0 amide bonds. The molecule has 108 valence electrons. The number of aromatic nitrogens is 3. The summed E-state index contributed by atoms with van der Waals surface area (Å²) in [7, 11) is -3.53. The van der Waals surface area contributed by atoms with Gasteiger partial charge in [0.05, 0.1) is 28.8 Å². The van der Waals surface area contributed by atoms with Crippen LogP contribution in [-0.2, 0) is 10.0 Å². The first-order valence-corrected chi connectivity index (χ1v) is 7.91. The van der Waals surface area contributed by atoms with Crippen molar-refractivity contribution in [2.24, 2.45) is 0 Å². The van der Waals surface area contributed by atoms with Gasteiger partial charge in [0.25, 0.3) is 0 Å². The predicted molar refractivity (Wildman–Crippen MR) is 73.6 cm³/mol. The summed E-state index contributed by atoms with van der Waals surface area (Å²) in [5.74, 6) is 0. The Morgan fingerprint density at radius 3 is 2.67 bits per heavy atom. The third-order valence-electron chi connectivity index (χ3n) is 3.56. The highest BCUT2D eigenvalue weighted by molar-refractivity contribution is 7.89. The Morgan fingerprint density at radius 1 is 1.29 bits per heavy atom. The lowest BCUT2D eigenvalue weighted by molar-refractivity contribution is 0.428. The lowest BCUT2D eigenvalue weighted by Crippen LogP contribution is -2.29. The van der Waals surface area contributed by atoms with Crippen LogP contribution in [0, 0.1) is 11.3 Å². The third kappa shape index (κ3) is 2.53. The van der Waals surface area contributed by atoms with Gasteiger partial charge in [0.15, 0.2) is 0 Å². The second-order valence-corrected chi connectivity index (χ2v) is 6.76. The fourth-order valence-electron chi connectivity index (χ4n) is 2.41. The van der Waals surface area contributed by atoms with E-state index in [-0.39, 0.29) is 10.9 Å². The zero-order chi connectivity index (χ0) is 14.9. The lowest BCUT2D eigenvalue weighted by atomic mass is 10.2. The van der Waals surface area contributed by atoms with Crippen LogP contribution in [0.4, 0.5) is 0 Å². The molecule has 1 fully saturated rings. The van der Waals surface area contributed by atoms with E-state index in [9.17, 15) is 8.42 Å². The highest BCUT2D eigenvalue weighted by Crippen LogP contribution is 2.26. The number of rotatable bonds is 3. The van der Waals surface area contributed by atoms with Crippen LogP contribution in [0.2, 0.25) is 0 Å². The Labute approximate surface area is 122 Å². The number of hydrogen-bond donors (Lipinski definition) is 0. The van der Waals surface area contributed by atoms with Crippen molar-refractivity contribution in [2.75, 3.05) is 13.1 Å². The summed E-state index contributed by atoms with van der Waals surface area (Å²) < 4.78 is 28.2. The van der Waals surface area contributed by atoms with E-state index in [0.717, 1.165) is 0 Å². The highest BCUT2D eigenvalue weighted by atomic mass is 32.2. The van der Waals surface area contributed by atoms with Gasteiger partial charge in [0.2, 0.25) is 10.0 Å². The van der Waals surface area contributed by atoms with Crippen LogP contribution in [0.25, 0.3) is 0 Å². The van der Waals surface area contributed by atoms with Crippen molar-refractivity contribution in [2.45, 2.75) is 17.4 Å². The van der Waals surface area contributed by atoms with Crippen molar-refractivity contribution in [1.82, 2.24) is 19.3 Å². The standard InChI is InChI=1S/C13H13N5O2S/c14-9-11-1-3-13(4-2-11)21(19,20)17-7-5-12(10-17)18-8-6-15-16-18/h1-4,6,8,12H,5,7,10H2. The predicted octanol–water partition coefficient (Wildman–Crippen LogP) is 0.785. The zero-order valence-corrected chi connectivity index (χ0v) is 11.9. The molecule has 1 aromatic heterocycles. The first-order valence-electron chi connectivity index (χ1n) is 6.47. The van der Waals surface area contributed by atoms with E-state index >= 15 is 0 Å². The summed E-state index contributed by atoms with van der Waals surface area (Å²) in [6.45, 7) is 0.832. The van der Waals surface area contributed by atoms with Crippen molar-refractivity contribution in [3.8, 4) is 6.07 Å². The molecule has 0 radical (unpaired) electrons. The highest BCUT2D eigenvalue weighted by Gasteiger charge is 2.33. The average Bonchev–Trinajstić information content (AvgIpc) is 3.18. The third-order valence-corrected chi connectivity index (χ3v) is 5.44. The molecule has 1 aromatic carbocycles. The maximum Gasteiger partial charge on any atom is 0.243 e. The summed E-state index contributed by atoms with van der Waals surface area (Å²) in [5.41, 5.74) is 0.441. The van der Waals surface area contributed by atoms with E-state index in [1.165, 1.54) is 28.6 Å². The minimum absolute atomic E-state index is 0.0145. The van der Waals surface area contributed by atoms with Crippen LogP contribution in [0.15, 0.2) is 41.6 Å². The van der Waals surface area contributed by atoms with Crippen LogP contribution in [0.1, 0.15) is 18.0 Å². The van der Waals surface area contributed by atoms with Gasteiger partial charge in [0, 0.05) is 19.3 Å². The van der Waals surface area contributed by atoms with E-state index in [1.54, 1.807) is 17.1 Å². The number of benzene rings is 1. The molecule has 3 rings (SSSR count). The van der Waals surface area contributed by atoms with Gasteiger partial charge in [-0.2, -0.15) is 9.57 Å². The molecule has 0 saturated carbocycles. The van der Waals surface area contributed by atoms with Gasteiger partial charge in [-0.3, -0.25) is 0 Å². The molecule has 0 aliphatic carbocycles. The molecule has 1 unspecified atom stereocenters. The average molecular weight is 303 g/mol. The first-order chi connectivity index (χ1) is 10.1. The Bertz CT molecular complexity index is 762. The molecule has 2 aromatic rings. The van der Waals surface area contributed by atoms with Crippen LogP contribution in [0.3, 0.4) is 0 Å². The lowest BCUT2D eigenvalue weighted by Gasteiger charge is -2.16. The quantitative estimate of drug-likeness (QED) is 0.835. The monoisotopic (exact) mass is 303 g/mol. The molecule has 1 aliphatic heterocycles. The van der Waals surface area contributed by atoms with Crippen molar-refractivity contribution in [1.29, 1.82) is 5.26 Å². The van der Waals surface area contributed by atoms with Gasteiger partial charge in [-0.25, -0.2) is 13.1 Å². The van der Waals surface area contributed by atoms with E-state index in [0.29, 0.717) is 25.1 Å². The number of nitrogens with zero attached hydrogens (tertiary/aromatic N) is 5.